The second-order valence-corrected chi connectivity index (χ2v) is 6.68. The standard InChI is InChI=1S/C15H25N3O2/c1-4-19-11(10-6-7-10)13-17-14(20-18-13)12-15(2,3)8-5-9-16-12/h10-12,16H,4-9H2,1-3H3. The molecule has 1 aromatic heterocycles. The molecule has 112 valence electrons. The highest BCUT2D eigenvalue weighted by atomic mass is 16.5. The monoisotopic (exact) mass is 279 g/mol. The Hall–Kier alpha value is -0.940. The molecule has 1 aromatic rings. The van der Waals surface area contributed by atoms with Crippen LogP contribution in [0.2, 0.25) is 0 Å². The first-order chi connectivity index (χ1) is 9.62. The molecule has 2 atom stereocenters. The van der Waals surface area contributed by atoms with Crippen LogP contribution in [0.15, 0.2) is 4.52 Å². The molecule has 1 N–H and O–H groups in total. The van der Waals surface area contributed by atoms with Gasteiger partial charge in [0, 0.05) is 6.61 Å². The average Bonchev–Trinajstić information content (AvgIpc) is 3.13. The molecule has 1 aliphatic carbocycles. The quantitative estimate of drug-likeness (QED) is 0.897. The molecule has 2 fully saturated rings. The molecule has 0 bridgehead atoms. The fourth-order valence-electron chi connectivity index (χ4n) is 3.11. The lowest BCUT2D eigenvalue weighted by atomic mass is 9.77. The first kappa shape index (κ1) is 14.0. The predicted octanol–water partition coefficient (Wildman–Crippen LogP) is 3.01. The number of rotatable bonds is 5. The zero-order chi connectivity index (χ0) is 14.2. The summed E-state index contributed by atoms with van der Waals surface area (Å²) in [4.78, 5) is 4.64. The summed E-state index contributed by atoms with van der Waals surface area (Å²) in [5.41, 5.74) is 0.156. The lowest BCUT2D eigenvalue weighted by molar-refractivity contribution is 0.0384. The van der Waals surface area contributed by atoms with Gasteiger partial charge in [-0.1, -0.05) is 19.0 Å². The van der Waals surface area contributed by atoms with Crippen LogP contribution in [0.25, 0.3) is 0 Å². The van der Waals surface area contributed by atoms with E-state index in [2.05, 4.69) is 29.3 Å². The van der Waals surface area contributed by atoms with E-state index in [-0.39, 0.29) is 17.6 Å². The Balaban J connectivity index is 1.78. The van der Waals surface area contributed by atoms with Crippen molar-refractivity contribution in [1.82, 2.24) is 15.5 Å². The molecule has 5 heteroatoms. The van der Waals surface area contributed by atoms with Gasteiger partial charge in [-0.05, 0) is 50.5 Å². The molecular formula is C15H25N3O2. The molecule has 0 aromatic carbocycles. The smallest absolute Gasteiger partial charge is 0.244 e. The third-order valence-electron chi connectivity index (χ3n) is 4.48. The van der Waals surface area contributed by atoms with E-state index >= 15 is 0 Å². The Morgan fingerprint density at radius 3 is 2.90 bits per heavy atom. The van der Waals surface area contributed by atoms with Gasteiger partial charge in [-0.15, -0.1) is 0 Å². The van der Waals surface area contributed by atoms with E-state index < -0.39 is 0 Å². The maximum atomic E-state index is 5.80. The summed E-state index contributed by atoms with van der Waals surface area (Å²) in [6, 6.07) is 0.152. The van der Waals surface area contributed by atoms with Crippen LogP contribution in [0.1, 0.15) is 70.3 Å². The van der Waals surface area contributed by atoms with Crippen LogP contribution in [0.5, 0.6) is 0 Å². The van der Waals surface area contributed by atoms with Gasteiger partial charge in [-0.3, -0.25) is 0 Å². The number of piperidine rings is 1. The molecule has 1 saturated carbocycles. The molecule has 2 unspecified atom stereocenters. The second kappa shape index (κ2) is 5.45. The highest BCUT2D eigenvalue weighted by Gasteiger charge is 2.40. The summed E-state index contributed by atoms with van der Waals surface area (Å²) in [6.45, 7) is 8.24. The summed E-state index contributed by atoms with van der Waals surface area (Å²) in [7, 11) is 0. The summed E-state index contributed by atoms with van der Waals surface area (Å²) >= 11 is 0. The van der Waals surface area contributed by atoms with Crippen LogP contribution in [0.3, 0.4) is 0 Å². The van der Waals surface area contributed by atoms with Crippen molar-refractivity contribution in [3.05, 3.63) is 11.7 Å². The predicted molar refractivity (Wildman–Crippen MR) is 75.1 cm³/mol. The lowest BCUT2D eigenvalue weighted by Gasteiger charge is -2.36. The molecule has 1 aliphatic heterocycles. The largest absolute Gasteiger partial charge is 0.370 e. The number of ether oxygens (including phenoxy) is 1. The number of hydrogen-bond donors (Lipinski definition) is 1. The third kappa shape index (κ3) is 2.74. The van der Waals surface area contributed by atoms with E-state index in [1.807, 2.05) is 6.92 Å². The van der Waals surface area contributed by atoms with Gasteiger partial charge in [0.15, 0.2) is 0 Å². The van der Waals surface area contributed by atoms with Crippen LogP contribution < -0.4 is 5.32 Å². The minimum atomic E-state index is 0.0178. The van der Waals surface area contributed by atoms with E-state index in [1.165, 1.54) is 25.7 Å². The van der Waals surface area contributed by atoms with Crippen LogP contribution in [-0.2, 0) is 4.74 Å². The zero-order valence-corrected chi connectivity index (χ0v) is 12.7. The highest BCUT2D eigenvalue weighted by Crippen LogP contribution is 2.44. The fourth-order valence-corrected chi connectivity index (χ4v) is 3.11. The van der Waals surface area contributed by atoms with E-state index in [1.54, 1.807) is 0 Å². The van der Waals surface area contributed by atoms with Gasteiger partial charge in [-0.25, -0.2) is 0 Å². The molecular weight excluding hydrogens is 254 g/mol. The van der Waals surface area contributed by atoms with Crippen molar-refractivity contribution in [3.63, 3.8) is 0 Å². The SMILES string of the molecule is CCOC(c1noc(C2NCCCC2(C)C)n1)C1CC1. The van der Waals surface area contributed by atoms with Gasteiger partial charge in [0.1, 0.15) is 6.10 Å². The highest BCUT2D eigenvalue weighted by molar-refractivity contribution is 5.04. The van der Waals surface area contributed by atoms with E-state index in [0.717, 1.165) is 18.3 Å². The molecule has 2 aliphatic rings. The molecule has 0 amide bonds. The van der Waals surface area contributed by atoms with Gasteiger partial charge < -0.3 is 14.6 Å². The summed E-state index contributed by atoms with van der Waals surface area (Å²) < 4.78 is 11.3. The molecule has 5 nitrogen and oxygen atoms in total. The second-order valence-electron chi connectivity index (χ2n) is 6.68. The topological polar surface area (TPSA) is 60.2 Å². The molecule has 0 radical (unpaired) electrons. The first-order valence-corrected chi connectivity index (χ1v) is 7.80. The van der Waals surface area contributed by atoms with Gasteiger partial charge in [0.05, 0.1) is 6.04 Å². The normalized spacial score (nSPS) is 27.4. The van der Waals surface area contributed by atoms with Gasteiger partial charge in [0.25, 0.3) is 0 Å². The maximum absolute atomic E-state index is 5.80. The van der Waals surface area contributed by atoms with Crippen molar-refractivity contribution >= 4 is 0 Å². The fraction of sp³-hybridized carbons (Fsp3) is 0.867. The van der Waals surface area contributed by atoms with Crippen LogP contribution in [0, 0.1) is 11.3 Å². The van der Waals surface area contributed by atoms with Gasteiger partial charge in [-0.2, -0.15) is 4.98 Å². The molecule has 1 saturated heterocycles. The van der Waals surface area contributed by atoms with Crippen molar-refractivity contribution in [1.29, 1.82) is 0 Å². The van der Waals surface area contributed by atoms with Crippen molar-refractivity contribution < 1.29 is 9.26 Å². The van der Waals surface area contributed by atoms with E-state index in [0.29, 0.717) is 12.5 Å². The minimum absolute atomic E-state index is 0.0178. The van der Waals surface area contributed by atoms with Crippen molar-refractivity contribution in [2.45, 2.75) is 58.6 Å². The van der Waals surface area contributed by atoms with Crippen LogP contribution in [0.4, 0.5) is 0 Å². The Morgan fingerprint density at radius 1 is 1.45 bits per heavy atom. The average molecular weight is 279 g/mol. The number of nitrogens with zero attached hydrogens (tertiary/aromatic N) is 2. The number of hydrogen-bond acceptors (Lipinski definition) is 5. The third-order valence-corrected chi connectivity index (χ3v) is 4.48. The van der Waals surface area contributed by atoms with Crippen LogP contribution in [-0.4, -0.2) is 23.3 Å². The maximum Gasteiger partial charge on any atom is 0.244 e. The lowest BCUT2D eigenvalue weighted by Crippen LogP contribution is -2.39. The van der Waals surface area contributed by atoms with Crippen molar-refractivity contribution in [2.24, 2.45) is 11.3 Å². The van der Waals surface area contributed by atoms with Gasteiger partial charge in [0.2, 0.25) is 11.7 Å². The Morgan fingerprint density at radius 2 is 2.25 bits per heavy atom. The molecule has 20 heavy (non-hydrogen) atoms. The molecule has 2 heterocycles. The van der Waals surface area contributed by atoms with Crippen molar-refractivity contribution in [3.8, 4) is 0 Å². The minimum Gasteiger partial charge on any atom is -0.370 e. The van der Waals surface area contributed by atoms with E-state index in [4.69, 9.17) is 9.26 Å². The Bertz CT molecular complexity index is 454. The first-order valence-electron chi connectivity index (χ1n) is 7.80. The summed E-state index contributed by atoms with van der Waals surface area (Å²) in [5.74, 6) is 2.02. The summed E-state index contributed by atoms with van der Waals surface area (Å²) in [6.07, 6.45) is 4.82. The number of nitrogens with one attached hydrogen (secondary N) is 1. The molecule has 0 spiro atoms. The Kier molecular flexibility index (Phi) is 3.82. The summed E-state index contributed by atoms with van der Waals surface area (Å²) in [5, 5.41) is 7.70. The Labute approximate surface area is 120 Å². The van der Waals surface area contributed by atoms with Gasteiger partial charge >= 0.3 is 0 Å². The van der Waals surface area contributed by atoms with E-state index in [9.17, 15) is 0 Å². The zero-order valence-electron chi connectivity index (χ0n) is 12.7. The van der Waals surface area contributed by atoms with Crippen molar-refractivity contribution in [2.75, 3.05) is 13.2 Å². The van der Waals surface area contributed by atoms with Crippen LogP contribution >= 0.6 is 0 Å². The molecule has 3 rings (SSSR count). The number of aromatic nitrogens is 2.